The van der Waals surface area contributed by atoms with Gasteiger partial charge in [-0.15, -0.1) is 0 Å². The summed E-state index contributed by atoms with van der Waals surface area (Å²) in [5.74, 6) is 5.00. The molecule has 0 amide bonds. The molecule has 0 aliphatic heterocycles. The van der Waals surface area contributed by atoms with E-state index in [1.54, 1.807) is 11.1 Å². The fourth-order valence-corrected chi connectivity index (χ4v) is 7.35. The van der Waals surface area contributed by atoms with E-state index in [9.17, 15) is 5.11 Å². The van der Waals surface area contributed by atoms with Crippen LogP contribution in [0.15, 0.2) is 12.1 Å². The molecule has 1 N–H and O–H groups in total. The molecule has 21 heavy (non-hydrogen) atoms. The summed E-state index contributed by atoms with van der Waals surface area (Å²) in [5, 5.41) is 10.7. The lowest BCUT2D eigenvalue weighted by molar-refractivity contribution is -0.00402. The molecular weight excluding hydrogens is 256 g/mol. The monoisotopic (exact) mass is 280 g/mol. The predicted octanol–water partition coefficient (Wildman–Crippen LogP) is 3.78. The van der Waals surface area contributed by atoms with Crippen LogP contribution in [0.2, 0.25) is 0 Å². The molecule has 2 fully saturated rings. The van der Waals surface area contributed by atoms with Crippen LogP contribution in [0.3, 0.4) is 0 Å². The van der Waals surface area contributed by atoms with Gasteiger partial charge in [0, 0.05) is 0 Å². The van der Waals surface area contributed by atoms with Crippen molar-refractivity contribution < 1.29 is 5.11 Å². The van der Waals surface area contributed by atoms with E-state index in [2.05, 4.69) is 12.1 Å². The van der Waals surface area contributed by atoms with E-state index in [0.29, 0.717) is 5.92 Å². The highest BCUT2D eigenvalue weighted by Crippen LogP contribution is 2.68. The molecule has 5 aliphatic rings. The molecule has 0 aromatic heterocycles. The Kier molecular flexibility index (Phi) is 2.08. The van der Waals surface area contributed by atoms with E-state index in [1.807, 2.05) is 5.56 Å². The van der Waals surface area contributed by atoms with Gasteiger partial charge in [0.25, 0.3) is 0 Å². The minimum atomic E-state index is -0.0676. The summed E-state index contributed by atoms with van der Waals surface area (Å²) in [6, 6.07) is 4.78. The molecule has 1 nitrogen and oxygen atoms in total. The lowest BCUT2D eigenvalue weighted by Gasteiger charge is -2.50. The molecule has 7 unspecified atom stereocenters. The maximum absolute atomic E-state index is 10.7. The average Bonchev–Trinajstić information content (AvgIpc) is 2.88. The second kappa shape index (κ2) is 3.74. The van der Waals surface area contributed by atoms with E-state index in [4.69, 9.17) is 0 Å². The highest BCUT2D eigenvalue weighted by molar-refractivity contribution is 5.54. The van der Waals surface area contributed by atoms with Crippen LogP contribution in [0.5, 0.6) is 0 Å². The molecule has 7 atom stereocenters. The van der Waals surface area contributed by atoms with Crippen molar-refractivity contribution in [3.63, 3.8) is 0 Å². The van der Waals surface area contributed by atoms with Crippen molar-refractivity contribution in [1.29, 1.82) is 0 Å². The molecule has 5 aliphatic carbocycles. The van der Waals surface area contributed by atoms with Gasteiger partial charge in [0.05, 0.1) is 6.10 Å². The van der Waals surface area contributed by atoms with Crippen LogP contribution in [0.1, 0.15) is 66.2 Å². The van der Waals surface area contributed by atoms with Gasteiger partial charge in [0.15, 0.2) is 0 Å². The van der Waals surface area contributed by atoms with E-state index < -0.39 is 0 Å². The lowest BCUT2D eigenvalue weighted by Crippen LogP contribution is -2.44. The van der Waals surface area contributed by atoms with E-state index in [-0.39, 0.29) is 6.10 Å². The third kappa shape index (κ3) is 1.25. The third-order valence-corrected chi connectivity index (χ3v) is 7.96. The third-order valence-electron chi connectivity index (χ3n) is 7.96. The standard InChI is InChI=1S/C20H24O/c21-15-9-13-6-5-11-2-1-10-3-4-12-7-8-14(15)20-18(12)16(10)17(11)19(13)20/h5-6,10,12,14-16,18,20-21H,1-4,7-9H2. The first kappa shape index (κ1) is 11.7. The summed E-state index contributed by atoms with van der Waals surface area (Å²) < 4.78 is 0. The van der Waals surface area contributed by atoms with Crippen LogP contribution in [-0.2, 0) is 12.8 Å². The first-order valence-corrected chi connectivity index (χ1v) is 9.15. The summed E-state index contributed by atoms with van der Waals surface area (Å²) in [6.45, 7) is 0. The van der Waals surface area contributed by atoms with Crippen molar-refractivity contribution in [3.05, 3.63) is 34.4 Å². The molecule has 6 rings (SSSR count). The molecule has 1 heteroatoms. The Morgan fingerprint density at radius 1 is 0.810 bits per heavy atom. The minimum absolute atomic E-state index is 0.0676. The Morgan fingerprint density at radius 3 is 2.52 bits per heavy atom. The van der Waals surface area contributed by atoms with Crippen LogP contribution in [0.25, 0.3) is 0 Å². The van der Waals surface area contributed by atoms with Gasteiger partial charge in [-0.3, -0.25) is 0 Å². The average molecular weight is 280 g/mol. The van der Waals surface area contributed by atoms with Gasteiger partial charge in [0.2, 0.25) is 0 Å². The van der Waals surface area contributed by atoms with Gasteiger partial charge < -0.3 is 5.11 Å². The van der Waals surface area contributed by atoms with Gasteiger partial charge in [0.1, 0.15) is 0 Å². The topological polar surface area (TPSA) is 20.2 Å². The molecule has 0 radical (unpaired) electrons. The Balaban J connectivity index is 1.66. The SMILES string of the molecule is OC1Cc2ccc3c4c2C2C1CCC1CCC(CC3)C4C12. The van der Waals surface area contributed by atoms with Crippen molar-refractivity contribution in [2.75, 3.05) is 0 Å². The van der Waals surface area contributed by atoms with Gasteiger partial charge >= 0.3 is 0 Å². The van der Waals surface area contributed by atoms with Crippen molar-refractivity contribution in [3.8, 4) is 0 Å². The van der Waals surface area contributed by atoms with Crippen LogP contribution in [0, 0.1) is 23.7 Å². The zero-order chi connectivity index (χ0) is 13.7. The van der Waals surface area contributed by atoms with Crippen LogP contribution in [0.4, 0.5) is 0 Å². The quantitative estimate of drug-likeness (QED) is 0.766. The molecule has 110 valence electrons. The van der Waals surface area contributed by atoms with Crippen molar-refractivity contribution in [2.24, 2.45) is 23.7 Å². The van der Waals surface area contributed by atoms with Gasteiger partial charge in [-0.2, -0.15) is 0 Å². The Bertz CT molecular complexity index is 633. The molecular formula is C20H24O. The number of rotatable bonds is 0. The normalized spacial score (nSPS) is 48.3. The summed E-state index contributed by atoms with van der Waals surface area (Å²) in [4.78, 5) is 0. The molecule has 1 aromatic carbocycles. The predicted molar refractivity (Wildman–Crippen MR) is 82.4 cm³/mol. The lowest BCUT2D eigenvalue weighted by atomic mass is 9.55. The molecule has 0 bridgehead atoms. The number of aliphatic hydroxyl groups excluding tert-OH is 1. The number of hydrogen-bond donors (Lipinski definition) is 1. The zero-order valence-corrected chi connectivity index (χ0v) is 12.6. The zero-order valence-electron chi connectivity index (χ0n) is 12.6. The van der Waals surface area contributed by atoms with E-state index in [1.165, 1.54) is 44.1 Å². The smallest absolute Gasteiger partial charge is 0.0614 e. The second-order valence-corrected chi connectivity index (χ2v) is 8.49. The molecule has 0 heterocycles. The Hall–Kier alpha value is -0.820. The van der Waals surface area contributed by atoms with Crippen molar-refractivity contribution in [1.82, 2.24) is 0 Å². The summed E-state index contributed by atoms with van der Waals surface area (Å²) in [6.07, 6.45) is 9.25. The first-order valence-electron chi connectivity index (χ1n) is 9.15. The molecule has 0 saturated heterocycles. The second-order valence-electron chi connectivity index (χ2n) is 8.49. The van der Waals surface area contributed by atoms with Gasteiger partial charge in [-0.1, -0.05) is 12.1 Å². The number of hydrogen-bond acceptors (Lipinski definition) is 1. The van der Waals surface area contributed by atoms with Crippen LogP contribution >= 0.6 is 0 Å². The van der Waals surface area contributed by atoms with E-state index in [0.717, 1.165) is 36.0 Å². The largest absolute Gasteiger partial charge is 0.392 e. The van der Waals surface area contributed by atoms with Gasteiger partial charge in [-0.05, 0) is 103 Å². The highest BCUT2D eigenvalue weighted by Gasteiger charge is 2.58. The first-order chi connectivity index (χ1) is 10.3. The number of aryl methyl sites for hydroxylation is 1. The highest BCUT2D eigenvalue weighted by atomic mass is 16.3. The molecule has 0 spiro atoms. The van der Waals surface area contributed by atoms with Crippen LogP contribution in [-0.4, -0.2) is 11.2 Å². The van der Waals surface area contributed by atoms with Crippen molar-refractivity contribution in [2.45, 2.75) is 62.9 Å². The van der Waals surface area contributed by atoms with Crippen LogP contribution < -0.4 is 0 Å². The Morgan fingerprint density at radius 2 is 1.57 bits per heavy atom. The number of aliphatic hydroxyl groups is 1. The summed E-state index contributed by atoms with van der Waals surface area (Å²) in [7, 11) is 0. The summed E-state index contributed by atoms with van der Waals surface area (Å²) in [5.41, 5.74) is 6.76. The fourth-order valence-electron chi connectivity index (χ4n) is 7.35. The minimum Gasteiger partial charge on any atom is -0.392 e. The Labute approximate surface area is 126 Å². The molecule has 1 aromatic rings. The van der Waals surface area contributed by atoms with Gasteiger partial charge in [-0.25, -0.2) is 0 Å². The molecule has 2 saturated carbocycles. The fraction of sp³-hybridized carbons (Fsp3) is 0.700. The van der Waals surface area contributed by atoms with Crippen molar-refractivity contribution >= 4 is 0 Å². The number of benzene rings is 1. The van der Waals surface area contributed by atoms with E-state index >= 15 is 0 Å². The summed E-state index contributed by atoms with van der Waals surface area (Å²) >= 11 is 0. The maximum atomic E-state index is 10.7. The maximum Gasteiger partial charge on any atom is 0.0614 e.